The summed E-state index contributed by atoms with van der Waals surface area (Å²) in [4.78, 5) is 23.3. The van der Waals surface area contributed by atoms with E-state index in [-0.39, 0.29) is 12.3 Å². The number of nitrogens with one attached hydrogen (secondary N) is 1. The number of carboxylic acids is 1. The van der Waals surface area contributed by atoms with Gasteiger partial charge in [-0.2, -0.15) is 11.8 Å². The van der Waals surface area contributed by atoms with Gasteiger partial charge in [0.15, 0.2) is 0 Å². The van der Waals surface area contributed by atoms with Crippen molar-refractivity contribution in [1.29, 1.82) is 0 Å². The molecule has 0 aromatic carbocycles. The van der Waals surface area contributed by atoms with Crippen LogP contribution in [0.25, 0.3) is 0 Å². The van der Waals surface area contributed by atoms with Crippen LogP contribution in [0.5, 0.6) is 0 Å². The third kappa shape index (κ3) is 4.69. The first-order valence-corrected chi connectivity index (χ1v) is 8.86. The fourth-order valence-electron chi connectivity index (χ4n) is 3.42. The third-order valence-electron chi connectivity index (χ3n) is 4.52. The molecule has 20 heavy (non-hydrogen) atoms. The Morgan fingerprint density at radius 1 is 1.15 bits per heavy atom. The van der Waals surface area contributed by atoms with Gasteiger partial charge in [0, 0.05) is 6.42 Å². The summed E-state index contributed by atoms with van der Waals surface area (Å²) < 4.78 is 0. The standard InChI is InChI=1S/C15H25NO3S/c17-13(10-12-4-8-20-9-5-12)16-15(11-14(18)19)6-2-1-3-7-15/h12H,1-11H2,(H,16,17)(H,18,19). The second-order valence-corrected chi connectivity index (χ2v) is 7.44. The molecule has 1 amide bonds. The third-order valence-corrected chi connectivity index (χ3v) is 5.57. The summed E-state index contributed by atoms with van der Waals surface area (Å²) in [6.07, 6.45) is 7.69. The molecule has 0 radical (unpaired) electrons. The lowest BCUT2D eigenvalue weighted by molar-refractivity contribution is -0.139. The summed E-state index contributed by atoms with van der Waals surface area (Å²) in [6.45, 7) is 0. The zero-order chi connectivity index (χ0) is 14.4. The largest absolute Gasteiger partial charge is 0.481 e. The molecule has 1 saturated carbocycles. The number of carboxylic acid groups (broad SMARTS) is 1. The highest BCUT2D eigenvalue weighted by Crippen LogP contribution is 2.32. The lowest BCUT2D eigenvalue weighted by atomic mass is 9.79. The SMILES string of the molecule is O=C(O)CC1(NC(=O)CC2CCSCC2)CCCCC1. The average molecular weight is 299 g/mol. The molecule has 1 aliphatic heterocycles. The van der Waals surface area contributed by atoms with Crippen LogP contribution in [0.4, 0.5) is 0 Å². The van der Waals surface area contributed by atoms with Crippen LogP contribution in [0, 0.1) is 5.92 Å². The van der Waals surface area contributed by atoms with E-state index in [0.717, 1.165) is 56.5 Å². The van der Waals surface area contributed by atoms with Gasteiger partial charge in [0.1, 0.15) is 0 Å². The van der Waals surface area contributed by atoms with Crippen molar-refractivity contribution in [3.63, 3.8) is 0 Å². The molecule has 1 saturated heterocycles. The molecular weight excluding hydrogens is 274 g/mol. The number of aliphatic carboxylic acids is 1. The molecule has 114 valence electrons. The molecule has 0 atom stereocenters. The van der Waals surface area contributed by atoms with Crippen LogP contribution < -0.4 is 5.32 Å². The van der Waals surface area contributed by atoms with Gasteiger partial charge in [-0.25, -0.2) is 0 Å². The van der Waals surface area contributed by atoms with Crippen LogP contribution in [-0.4, -0.2) is 34.0 Å². The Kier molecular flexibility index (Phi) is 5.75. The molecule has 1 heterocycles. The molecule has 0 bridgehead atoms. The topological polar surface area (TPSA) is 66.4 Å². The van der Waals surface area contributed by atoms with Crippen molar-refractivity contribution in [2.45, 2.75) is 63.3 Å². The van der Waals surface area contributed by atoms with Gasteiger partial charge in [-0.15, -0.1) is 0 Å². The second-order valence-electron chi connectivity index (χ2n) is 6.22. The van der Waals surface area contributed by atoms with Crippen molar-refractivity contribution < 1.29 is 14.7 Å². The first-order chi connectivity index (χ1) is 9.60. The minimum absolute atomic E-state index is 0.0602. The Balaban J connectivity index is 1.89. The maximum atomic E-state index is 12.3. The summed E-state index contributed by atoms with van der Waals surface area (Å²) in [5, 5.41) is 12.2. The molecule has 2 rings (SSSR count). The van der Waals surface area contributed by atoms with Crippen molar-refractivity contribution in [2.75, 3.05) is 11.5 Å². The molecule has 0 spiro atoms. The van der Waals surface area contributed by atoms with E-state index < -0.39 is 11.5 Å². The van der Waals surface area contributed by atoms with Crippen molar-refractivity contribution in [3.05, 3.63) is 0 Å². The normalized spacial score (nSPS) is 23.2. The van der Waals surface area contributed by atoms with Gasteiger partial charge in [-0.1, -0.05) is 19.3 Å². The molecular formula is C15H25NO3S. The number of carbonyl (C=O) groups is 2. The number of rotatable bonds is 5. The quantitative estimate of drug-likeness (QED) is 0.819. The zero-order valence-corrected chi connectivity index (χ0v) is 12.8. The lowest BCUT2D eigenvalue weighted by Gasteiger charge is -2.37. The van der Waals surface area contributed by atoms with E-state index in [4.69, 9.17) is 5.11 Å². The zero-order valence-electron chi connectivity index (χ0n) is 12.0. The fourth-order valence-corrected chi connectivity index (χ4v) is 4.63. The Hall–Kier alpha value is -0.710. The van der Waals surface area contributed by atoms with Crippen molar-refractivity contribution >= 4 is 23.6 Å². The minimum atomic E-state index is -0.804. The lowest BCUT2D eigenvalue weighted by Crippen LogP contribution is -2.51. The molecule has 2 fully saturated rings. The van der Waals surface area contributed by atoms with Crippen molar-refractivity contribution in [3.8, 4) is 0 Å². The second kappa shape index (κ2) is 7.34. The highest BCUT2D eigenvalue weighted by molar-refractivity contribution is 7.99. The van der Waals surface area contributed by atoms with Gasteiger partial charge in [0.2, 0.25) is 5.91 Å². The number of hydrogen-bond acceptors (Lipinski definition) is 3. The number of thioether (sulfide) groups is 1. The Morgan fingerprint density at radius 2 is 1.80 bits per heavy atom. The van der Waals surface area contributed by atoms with Crippen molar-refractivity contribution in [1.82, 2.24) is 5.32 Å². The molecule has 0 aromatic rings. The first kappa shape index (κ1) is 15.7. The molecule has 4 nitrogen and oxygen atoms in total. The fraction of sp³-hybridized carbons (Fsp3) is 0.867. The van der Waals surface area contributed by atoms with Gasteiger partial charge in [0.25, 0.3) is 0 Å². The maximum absolute atomic E-state index is 12.3. The van der Waals surface area contributed by atoms with E-state index in [1.165, 1.54) is 0 Å². The number of carbonyl (C=O) groups excluding carboxylic acids is 1. The number of hydrogen-bond donors (Lipinski definition) is 2. The number of amides is 1. The maximum Gasteiger partial charge on any atom is 0.305 e. The molecule has 0 unspecified atom stereocenters. The van der Waals surface area contributed by atoms with E-state index in [2.05, 4.69) is 5.32 Å². The van der Waals surface area contributed by atoms with Crippen LogP contribution >= 0.6 is 11.8 Å². The molecule has 5 heteroatoms. The Labute approximate surface area is 125 Å². The highest BCUT2D eigenvalue weighted by atomic mass is 32.2. The van der Waals surface area contributed by atoms with Gasteiger partial charge >= 0.3 is 5.97 Å². The summed E-state index contributed by atoms with van der Waals surface area (Å²) >= 11 is 1.96. The van der Waals surface area contributed by atoms with E-state index in [1.54, 1.807) is 0 Å². The molecule has 2 aliphatic rings. The van der Waals surface area contributed by atoms with E-state index in [0.29, 0.717) is 12.3 Å². The van der Waals surface area contributed by atoms with Crippen LogP contribution in [0.15, 0.2) is 0 Å². The van der Waals surface area contributed by atoms with Crippen molar-refractivity contribution in [2.24, 2.45) is 5.92 Å². The monoisotopic (exact) mass is 299 g/mol. The summed E-state index contributed by atoms with van der Waals surface area (Å²) in [5.41, 5.74) is -0.482. The van der Waals surface area contributed by atoms with E-state index >= 15 is 0 Å². The van der Waals surface area contributed by atoms with Gasteiger partial charge < -0.3 is 10.4 Å². The van der Waals surface area contributed by atoms with Crippen LogP contribution in [0.1, 0.15) is 57.8 Å². The Bertz CT molecular complexity index is 347. The van der Waals surface area contributed by atoms with Gasteiger partial charge in [0.05, 0.1) is 12.0 Å². The smallest absolute Gasteiger partial charge is 0.305 e. The van der Waals surface area contributed by atoms with Gasteiger partial charge in [-0.3, -0.25) is 9.59 Å². The van der Waals surface area contributed by atoms with Crippen LogP contribution in [0.3, 0.4) is 0 Å². The van der Waals surface area contributed by atoms with Gasteiger partial charge in [-0.05, 0) is 43.1 Å². The minimum Gasteiger partial charge on any atom is -0.481 e. The average Bonchev–Trinajstić information content (AvgIpc) is 2.39. The Morgan fingerprint density at radius 3 is 2.40 bits per heavy atom. The molecule has 0 aromatic heterocycles. The summed E-state index contributed by atoms with van der Waals surface area (Å²) in [7, 11) is 0. The summed E-state index contributed by atoms with van der Waals surface area (Å²) in [5.74, 6) is 2.05. The highest BCUT2D eigenvalue weighted by Gasteiger charge is 2.36. The predicted molar refractivity (Wildman–Crippen MR) is 80.9 cm³/mol. The van der Waals surface area contributed by atoms with Crippen LogP contribution in [0.2, 0.25) is 0 Å². The van der Waals surface area contributed by atoms with E-state index in [9.17, 15) is 9.59 Å². The first-order valence-electron chi connectivity index (χ1n) is 7.70. The van der Waals surface area contributed by atoms with E-state index in [1.807, 2.05) is 11.8 Å². The van der Waals surface area contributed by atoms with Crippen LogP contribution in [-0.2, 0) is 9.59 Å². The molecule has 2 N–H and O–H groups in total. The molecule has 1 aliphatic carbocycles. The summed E-state index contributed by atoms with van der Waals surface area (Å²) in [6, 6.07) is 0. The predicted octanol–water partition coefficient (Wildman–Crippen LogP) is 2.81.